The van der Waals surface area contributed by atoms with Crippen LogP contribution in [0.2, 0.25) is 0 Å². The van der Waals surface area contributed by atoms with Crippen LogP contribution in [0, 0.1) is 6.92 Å². The van der Waals surface area contributed by atoms with E-state index in [0.717, 1.165) is 22.3 Å². The van der Waals surface area contributed by atoms with Crippen molar-refractivity contribution in [3.05, 3.63) is 65.1 Å². The summed E-state index contributed by atoms with van der Waals surface area (Å²) in [6, 6.07) is 14.3. The second kappa shape index (κ2) is 6.94. The van der Waals surface area contributed by atoms with Crippen LogP contribution < -0.4 is 0 Å². The molecule has 0 saturated heterocycles. The minimum absolute atomic E-state index is 0.0540. The maximum Gasteiger partial charge on any atom is 0.354 e. The Morgan fingerprint density at radius 2 is 1.92 bits per heavy atom. The van der Waals surface area contributed by atoms with Crippen molar-refractivity contribution in [2.24, 2.45) is 0 Å². The van der Waals surface area contributed by atoms with Gasteiger partial charge in [0.1, 0.15) is 5.69 Å². The van der Waals surface area contributed by atoms with Crippen molar-refractivity contribution >= 4 is 16.9 Å². The monoisotopic (exact) mass is 350 g/mol. The lowest BCUT2D eigenvalue weighted by Gasteiger charge is -2.19. The number of fused-ring (bicyclic) bond motifs is 1. The first kappa shape index (κ1) is 18.2. The van der Waals surface area contributed by atoms with Gasteiger partial charge in [-0.2, -0.15) is 0 Å². The van der Waals surface area contributed by atoms with Gasteiger partial charge in [0, 0.05) is 16.6 Å². The van der Waals surface area contributed by atoms with Gasteiger partial charge in [-0.05, 0) is 55.2 Å². The zero-order valence-electron chi connectivity index (χ0n) is 16.2. The fraction of sp³-hybridized carbons (Fsp3) is 0.364. The van der Waals surface area contributed by atoms with Gasteiger partial charge in [-0.25, -0.2) is 4.79 Å². The fourth-order valence-corrected chi connectivity index (χ4v) is 3.13. The molecule has 0 saturated carbocycles. The van der Waals surface area contributed by atoms with E-state index in [9.17, 15) is 4.79 Å². The molecular formula is C22H26N2O2. The summed E-state index contributed by atoms with van der Waals surface area (Å²) < 4.78 is 7.28. The Hall–Kier alpha value is -2.62. The van der Waals surface area contributed by atoms with Gasteiger partial charge in [-0.15, -0.1) is 0 Å². The Balaban J connectivity index is 2.14. The van der Waals surface area contributed by atoms with E-state index in [0.29, 0.717) is 18.8 Å². The number of carbonyl (C=O) groups is 1. The average molecular weight is 350 g/mol. The van der Waals surface area contributed by atoms with E-state index in [2.05, 4.69) is 44.0 Å². The molecule has 0 aliphatic heterocycles. The molecule has 0 atom stereocenters. The minimum Gasteiger partial charge on any atom is -0.461 e. The van der Waals surface area contributed by atoms with Gasteiger partial charge in [-0.1, -0.05) is 32.9 Å². The maximum atomic E-state index is 12.5. The smallest absolute Gasteiger partial charge is 0.354 e. The van der Waals surface area contributed by atoms with Crippen LogP contribution in [0.4, 0.5) is 0 Å². The van der Waals surface area contributed by atoms with Crippen LogP contribution in [0.3, 0.4) is 0 Å². The zero-order chi connectivity index (χ0) is 18.9. The number of carbonyl (C=O) groups excluding carboxylic acids is 1. The highest BCUT2D eigenvalue weighted by Gasteiger charge is 2.20. The Morgan fingerprint density at radius 1 is 1.15 bits per heavy atom. The average Bonchev–Trinajstić information content (AvgIpc) is 2.92. The number of rotatable bonds is 4. The molecule has 26 heavy (non-hydrogen) atoms. The molecule has 0 aliphatic carbocycles. The summed E-state index contributed by atoms with van der Waals surface area (Å²) in [6.45, 7) is 11.3. The van der Waals surface area contributed by atoms with Crippen LogP contribution in [-0.2, 0) is 16.7 Å². The summed E-state index contributed by atoms with van der Waals surface area (Å²) in [5.41, 5.74) is 4.77. The van der Waals surface area contributed by atoms with Gasteiger partial charge in [-0.3, -0.25) is 4.98 Å². The Labute approximate surface area is 154 Å². The van der Waals surface area contributed by atoms with Gasteiger partial charge in [0.25, 0.3) is 0 Å². The van der Waals surface area contributed by atoms with Crippen LogP contribution in [0.25, 0.3) is 10.9 Å². The lowest BCUT2D eigenvalue weighted by atomic mass is 9.86. The zero-order valence-corrected chi connectivity index (χ0v) is 16.2. The third-order valence-corrected chi connectivity index (χ3v) is 4.52. The third kappa shape index (κ3) is 3.64. The molecule has 2 heterocycles. The lowest BCUT2D eigenvalue weighted by molar-refractivity contribution is 0.0515. The van der Waals surface area contributed by atoms with E-state index in [1.165, 1.54) is 5.56 Å². The van der Waals surface area contributed by atoms with Crippen molar-refractivity contribution in [2.75, 3.05) is 6.61 Å². The number of nitrogens with zero attached hydrogens (tertiary/aromatic N) is 2. The molecule has 3 rings (SSSR count). The number of ether oxygens (including phenoxy) is 1. The molecule has 2 aromatic heterocycles. The molecule has 4 nitrogen and oxygen atoms in total. The predicted octanol–water partition coefficient (Wildman–Crippen LogP) is 4.87. The number of pyridine rings is 1. The molecule has 3 aromatic rings. The van der Waals surface area contributed by atoms with Crippen molar-refractivity contribution < 1.29 is 9.53 Å². The molecule has 4 heteroatoms. The quantitative estimate of drug-likeness (QED) is 0.631. The molecule has 0 aliphatic rings. The van der Waals surface area contributed by atoms with Crippen LogP contribution in [0.15, 0.2) is 42.5 Å². The SMILES string of the molecule is CCOC(=O)c1cc2cc(C(C)(C)C)ccc2n1Cc1cccc(C)n1. The molecule has 0 amide bonds. The fourth-order valence-electron chi connectivity index (χ4n) is 3.13. The second-order valence-corrected chi connectivity index (χ2v) is 7.63. The molecule has 0 unspecified atom stereocenters. The maximum absolute atomic E-state index is 12.5. The normalized spacial score (nSPS) is 11.7. The van der Waals surface area contributed by atoms with Crippen LogP contribution in [0.1, 0.15) is 55.1 Å². The van der Waals surface area contributed by atoms with Crippen molar-refractivity contribution in [1.29, 1.82) is 0 Å². The Morgan fingerprint density at radius 3 is 2.58 bits per heavy atom. The molecule has 1 aromatic carbocycles. The van der Waals surface area contributed by atoms with Crippen molar-refractivity contribution in [1.82, 2.24) is 9.55 Å². The number of esters is 1. The van der Waals surface area contributed by atoms with E-state index < -0.39 is 0 Å². The van der Waals surface area contributed by atoms with Crippen LogP contribution >= 0.6 is 0 Å². The summed E-state index contributed by atoms with van der Waals surface area (Å²) in [4.78, 5) is 17.1. The minimum atomic E-state index is -0.298. The first-order valence-electron chi connectivity index (χ1n) is 9.03. The second-order valence-electron chi connectivity index (χ2n) is 7.63. The number of aryl methyl sites for hydroxylation is 1. The van der Waals surface area contributed by atoms with E-state index in [1.54, 1.807) is 0 Å². The van der Waals surface area contributed by atoms with Gasteiger partial charge in [0.2, 0.25) is 0 Å². The lowest BCUT2D eigenvalue weighted by Crippen LogP contribution is -2.13. The molecule has 0 N–H and O–H groups in total. The number of hydrogen-bond acceptors (Lipinski definition) is 3. The topological polar surface area (TPSA) is 44.1 Å². The Bertz CT molecular complexity index is 948. The predicted molar refractivity (Wildman–Crippen MR) is 105 cm³/mol. The molecule has 0 fully saturated rings. The van der Waals surface area contributed by atoms with Gasteiger partial charge in [0.05, 0.1) is 18.8 Å². The number of benzene rings is 1. The molecule has 136 valence electrons. The number of aromatic nitrogens is 2. The molecule has 0 spiro atoms. The first-order valence-corrected chi connectivity index (χ1v) is 9.03. The van der Waals surface area contributed by atoms with Crippen LogP contribution in [-0.4, -0.2) is 22.1 Å². The van der Waals surface area contributed by atoms with Crippen LogP contribution in [0.5, 0.6) is 0 Å². The third-order valence-electron chi connectivity index (χ3n) is 4.52. The van der Waals surface area contributed by atoms with Crippen molar-refractivity contribution in [2.45, 2.75) is 46.6 Å². The van der Waals surface area contributed by atoms with E-state index in [1.807, 2.05) is 42.7 Å². The summed E-state index contributed by atoms with van der Waals surface area (Å²) >= 11 is 0. The first-order chi connectivity index (χ1) is 12.3. The Kier molecular flexibility index (Phi) is 4.86. The molecule has 0 bridgehead atoms. The highest BCUT2D eigenvalue weighted by Crippen LogP contribution is 2.29. The highest BCUT2D eigenvalue weighted by molar-refractivity contribution is 5.96. The van der Waals surface area contributed by atoms with Gasteiger partial charge >= 0.3 is 5.97 Å². The highest BCUT2D eigenvalue weighted by atomic mass is 16.5. The van der Waals surface area contributed by atoms with E-state index in [4.69, 9.17) is 4.74 Å². The van der Waals surface area contributed by atoms with Gasteiger partial charge < -0.3 is 9.30 Å². The van der Waals surface area contributed by atoms with Gasteiger partial charge in [0.15, 0.2) is 0 Å². The summed E-state index contributed by atoms with van der Waals surface area (Å²) in [5.74, 6) is -0.298. The molecular weight excluding hydrogens is 324 g/mol. The largest absolute Gasteiger partial charge is 0.461 e. The van der Waals surface area contributed by atoms with Crippen molar-refractivity contribution in [3.8, 4) is 0 Å². The summed E-state index contributed by atoms with van der Waals surface area (Å²) in [7, 11) is 0. The van der Waals surface area contributed by atoms with Crippen molar-refractivity contribution in [3.63, 3.8) is 0 Å². The standard InChI is InChI=1S/C22H26N2O2/c1-6-26-21(25)20-13-16-12-17(22(3,4)5)10-11-19(16)24(20)14-18-9-7-8-15(2)23-18/h7-13H,6,14H2,1-5H3. The summed E-state index contributed by atoms with van der Waals surface area (Å²) in [6.07, 6.45) is 0. The van der Waals surface area contributed by atoms with E-state index in [-0.39, 0.29) is 11.4 Å². The van der Waals surface area contributed by atoms with E-state index >= 15 is 0 Å². The molecule has 0 radical (unpaired) electrons. The summed E-state index contributed by atoms with van der Waals surface area (Å²) in [5, 5.41) is 1.05. The number of hydrogen-bond donors (Lipinski definition) is 0.